The van der Waals surface area contributed by atoms with Gasteiger partial charge in [-0.15, -0.1) is 0 Å². The summed E-state index contributed by atoms with van der Waals surface area (Å²) in [6.07, 6.45) is 1.69. The summed E-state index contributed by atoms with van der Waals surface area (Å²) in [4.78, 5) is 49.0. The van der Waals surface area contributed by atoms with Gasteiger partial charge in [-0.25, -0.2) is 4.79 Å². The van der Waals surface area contributed by atoms with Crippen LogP contribution in [-0.2, 0) is 38.7 Å². The number of allylic oxidation sites excluding steroid dienone is 2. The lowest BCUT2D eigenvalue weighted by Crippen LogP contribution is -2.27. The summed E-state index contributed by atoms with van der Waals surface area (Å²) in [6, 6.07) is 5.17. The number of carboxylic acids is 1. The molecule has 1 heterocycles. The number of amides is 1. The maximum absolute atomic E-state index is 12.9. The number of carbonyl (C=O) groups is 4. The monoisotopic (exact) mass is 555 g/mol. The van der Waals surface area contributed by atoms with Crippen molar-refractivity contribution >= 4 is 23.8 Å². The molecule has 2 N–H and O–H groups in total. The van der Waals surface area contributed by atoms with Crippen molar-refractivity contribution in [2.45, 2.75) is 52.7 Å². The maximum atomic E-state index is 12.9. The highest BCUT2D eigenvalue weighted by atomic mass is 16.6. The second-order valence-corrected chi connectivity index (χ2v) is 9.16. The summed E-state index contributed by atoms with van der Waals surface area (Å²) >= 11 is 0. The van der Waals surface area contributed by atoms with Crippen LogP contribution in [0, 0.1) is 6.92 Å². The highest BCUT2D eigenvalue weighted by Gasteiger charge is 2.34. The molecule has 0 aromatic heterocycles. The van der Waals surface area contributed by atoms with Crippen LogP contribution in [0.2, 0.25) is 0 Å². The topological polar surface area (TPSA) is 147 Å². The molecule has 214 valence electrons. The number of nitrogens with one attached hydrogen (secondary N) is 1. The Kier molecular flexibility index (Phi) is 10.1. The number of hydrogen-bond donors (Lipinski definition) is 2. The van der Waals surface area contributed by atoms with Crippen LogP contribution in [0.3, 0.4) is 0 Å². The lowest BCUT2D eigenvalue weighted by molar-refractivity contribution is -0.139. The van der Waals surface area contributed by atoms with Gasteiger partial charge in [0, 0.05) is 24.1 Å². The van der Waals surface area contributed by atoms with Gasteiger partial charge >= 0.3 is 17.9 Å². The van der Waals surface area contributed by atoms with E-state index < -0.39 is 30.2 Å². The minimum absolute atomic E-state index is 0.000475. The van der Waals surface area contributed by atoms with Gasteiger partial charge < -0.3 is 34.1 Å². The number of methoxy groups -OCH3 is 3. The molecule has 0 aliphatic carbocycles. The average Bonchev–Trinajstić information content (AvgIpc) is 3.32. The molecule has 0 saturated heterocycles. The van der Waals surface area contributed by atoms with Crippen molar-refractivity contribution in [3.8, 4) is 23.0 Å². The standard InChI is InChI=1S/C29H33NO10/c1-16(7-11-24(32)33)6-9-19-27(38-5)17(2)20-15-39-29(35)26(20)28(19)40-25(34)13-23(31)30-14-18-8-10-21(36-3)22(12-18)37-4/h6,8,10,12H,7,9,11,13-15H2,1-5H3,(H,30,31)(H,32,33)/b16-6+. The molecule has 0 spiro atoms. The summed E-state index contributed by atoms with van der Waals surface area (Å²) in [7, 11) is 4.49. The third-order valence-corrected chi connectivity index (χ3v) is 6.47. The number of benzene rings is 2. The van der Waals surface area contributed by atoms with Gasteiger partial charge in [-0.3, -0.25) is 14.4 Å². The predicted octanol–water partition coefficient (Wildman–Crippen LogP) is 3.66. The molecule has 1 aliphatic rings. The SMILES string of the molecule is COc1ccc(CNC(=O)CC(=O)Oc2c(C/C=C(\C)CCC(=O)O)c(OC)c(C)c3c2C(=O)OC3)cc1OC. The molecule has 0 unspecified atom stereocenters. The number of ether oxygens (including phenoxy) is 5. The van der Waals surface area contributed by atoms with E-state index in [1.165, 1.54) is 21.3 Å². The number of rotatable bonds is 13. The number of carbonyl (C=O) groups excluding carboxylic acids is 3. The van der Waals surface area contributed by atoms with Crippen LogP contribution in [0.25, 0.3) is 0 Å². The molecule has 0 radical (unpaired) electrons. The van der Waals surface area contributed by atoms with E-state index >= 15 is 0 Å². The Labute approximate surface area is 232 Å². The van der Waals surface area contributed by atoms with Crippen molar-refractivity contribution < 1.29 is 48.0 Å². The molecular weight excluding hydrogens is 522 g/mol. The molecule has 1 aliphatic heterocycles. The van der Waals surface area contributed by atoms with Gasteiger partial charge in [0.1, 0.15) is 24.3 Å². The first-order chi connectivity index (χ1) is 19.1. The van der Waals surface area contributed by atoms with Crippen LogP contribution in [0.15, 0.2) is 29.8 Å². The summed E-state index contributed by atoms with van der Waals surface area (Å²) in [5.41, 5.74) is 3.28. The third-order valence-electron chi connectivity index (χ3n) is 6.47. The fourth-order valence-corrected chi connectivity index (χ4v) is 4.34. The molecular formula is C29H33NO10. The van der Waals surface area contributed by atoms with Crippen molar-refractivity contribution in [2.75, 3.05) is 21.3 Å². The lowest BCUT2D eigenvalue weighted by Gasteiger charge is -2.19. The average molecular weight is 556 g/mol. The van der Waals surface area contributed by atoms with E-state index in [2.05, 4.69) is 5.32 Å². The molecule has 0 atom stereocenters. The van der Waals surface area contributed by atoms with Crippen LogP contribution in [0.4, 0.5) is 0 Å². The van der Waals surface area contributed by atoms with Gasteiger partial charge in [-0.05, 0) is 49.9 Å². The van der Waals surface area contributed by atoms with Gasteiger partial charge in [0.25, 0.3) is 0 Å². The van der Waals surface area contributed by atoms with Crippen molar-refractivity contribution in [2.24, 2.45) is 0 Å². The molecule has 2 aromatic carbocycles. The minimum atomic E-state index is -0.916. The van der Waals surface area contributed by atoms with E-state index in [9.17, 15) is 19.2 Å². The van der Waals surface area contributed by atoms with Crippen LogP contribution in [0.1, 0.15) is 58.8 Å². The van der Waals surface area contributed by atoms with Gasteiger partial charge in [0.05, 0.1) is 21.3 Å². The zero-order valence-electron chi connectivity index (χ0n) is 23.2. The molecule has 40 heavy (non-hydrogen) atoms. The summed E-state index contributed by atoms with van der Waals surface area (Å²) in [5.74, 6) is -1.57. The molecule has 11 nitrogen and oxygen atoms in total. The molecule has 2 aromatic rings. The quantitative estimate of drug-likeness (QED) is 0.162. The molecule has 0 fully saturated rings. The molecule has 1 amide bonds. The minimum Gasteiger partial charge on any atom is -0.496 e. The first kappa shape index (κ1) is 30.0. The van der Waals surface area contributed by atoms with Crippen LogP contribution in [0.5, 0.6) is 23.0 Å². The normalized spacial score (nSPS) is 12.3. The highest BCUT2D eigenvalue weighted by molar-refractivity contribution is 6.00. The third kappa shape index (κ3) is 7.10. The van der Waals surface area contributed by atoms with E-state index in [1.54, 1.807) is 38.1 Å². The molecule has 0 saturated carbocycles. The lowest BCUT2D eigenvalue weighted by atomic mass is 9.94. The Hall–Kier alpha value is -4.54. The number of cyclic esters (lactones) is 1. The maximum Gasteiger partial charge on any atom is 0.342 e. The fraction of sp³-hybridized carbons (Fsp3) is 0.379. The predicted molar refractivity (Wildman–Crippen MR) is 143 cm³/mol. The first-order valence-electron chi connectivity index (χ1n) is 12.5. The van der Waals surface area contributed by atoms with Crippen molar-refractivity contribution in [3.05, 3.63) is 57.7 Å². The van der Waals surface area contributed by atoms with Crippen LogP contribution in [-0.4, -0.2) is 50.3 Å². The number of aliphatic carboxylic acids is 1. The molecule has 11 heteroatoms. The molecule has 0 bridgehead atoms. The Bertz CT molecular complexity index is 1350. The Morgan fingerprint density at radius 3 is 2.42 bits per heavy atom. The Morgan fingerprint density at radius 2 is 1.77 bits per heavy atom. The highest BCUT2D eigenvalue weighted by Crippen LogP contribution is 2.43. The number of fused-ring (bicyclic) bond motifs is 1. The fourth-order valence-electron chi connectivity index (χ4n) is 4.34. The zero-order chi connectivity index (χ0) is 29.4. The smallest absolute Gasteiger partial charge is 0.342 e. The van der Waals surface area contributed by atoms with Gasteiger partial charge in [0.15, 0.2) is 17.2 Å². The zero-order valence-corrected chi connectivity index (χ0v) is 23.2. The Morgan fingerprint density at radius 1 is 1.05 bits per heavy atom. The number of esters is 2. The molecule has 3 rings (SSSR count). The number of carboxylic acid groups (broad SMARTS) is 1. The largest absolute Gasteiger partial charge is 0.496 e. The summed E-state index contributed by atoms with van der Waals surface area (Å²) in [6.45, 7) is 3.70. The van der Waals surface area contributed by atoms with Gasteiger partial charge in [-0.2, -0.15) is 0 Å². The van der Waals surface area contributed by atoms with Crippen molar-refractivity contribution in [1.82, 2.24) is 5.32 Å². The van der Waals surface area contributed by atoms with Crippen molar-refractivity contribution in [1.29, 1.82) is 0 Å². The van der Waals surface area contributed by atoms with E-state index in [-0.39, 0.29) is 37.3 Å². The second-order valence-electron chi connectivity index (χ2n) is 9.16. The van der Waals surface area contributed by atoms with Crippen LogP contribution >= 0.6 is 0 Å². The summed E-state index contributed by atoms with van der Waals surface area (Å²) < 4.78 is 26.9. The number of hydrogen-bond acceptors (Lipinski definition) is 9. The van der Waals surface area contributed by atoms with E-state index in [1.807, 2.05) is 0 Å². The van der Waals surface area contributed by atoms with Gasteiger partial charge in [-0.1, -0.05) is 17.7 Å². The second kappa shape index (κ2) is 13.5. The van der Waals surface area contributed by atoms with E-state index in [0.29, 0.717) is 40.4 Å². The van der Waals surface area contributed by atoms with E-state index in [4.69, 9.17) is 28.8 Å². The first-order valence-corrected chi connectivity index (χ1v) is 12.5. The van der Waals surface area contributed by atoms with Crippen molar-refractivity contribution in [3.63, 3.8) is 0 Å². The van der Waals surface area contributed by atoms with Gasteiger partial charge in [0.2, 0.25) is 5.91 Å². The van der Waals surface area contributed by atoms with E-state index in [0.717, 1.165) is 11.1 Å². The van der Waals surface area contributed by atoms with Crippen LogP contribution < -0.4 is 24.3 Å². The Balaban J connectivity index is 1.81. The summed E-state index contributed by atoms with van der Waals surface area (Å²) in [5, 5.41) is 11.6.